The molecule has 4 rings (SSSR count). The maximum Gasteiger partial charge on any atom is 0.167 e. The van der Waals surface area contributed by atoms with Crippen LogP contribution in [0.2, 0.25) is 0 Å². The van der Waals surface area contributed by atoms with E-state index in [1.807, 2.05) is 12.3 Å². The number of thiazole rings is 1. The second-order valence-corrected chi connectivity index (χ2v) is 9.79. The van der Waals surface area contributed by atoms with Gasteiger partial charge in [0.05, 0.1) is 11.8 Å². The fourth-order valence-corrected chi connectivity index (χ4v) is 6.56. The first kappa shape index (κ1) is 18.5. The number of aromatic nitrogens is 3. The molecule has 0 amide bonds. The van der Waals surface area contributed by atoms with E-state index in [4.69, 9.17) is 0 Å². The van der Waals surface area contributed by atoms with E-state index in [9.17, 15) is 10.1 Å². The Morgan fingerprint density at radius 2 is 2.33 bits per heavy atom. The lowest BCUT2D eigenvalue weighted by Crippen LogP contribution is -2.13. The van der Waals surface area contributed by atoms with Crippen LogP contribution in [-0.2, 0) is 17.6 Å². The average molecular weight is 415 g/mol. The first-order chi connectivity index (χ1) is 13.1. The van der Waals surface area contributed by atoms with Crippen LogP contribution in [0.1, 0.15) is 40.4 Å². The standard InChI is InChI=1S/C19H18N4OS3/c1-10-3-4-12-15(5-10)27-19-16(12)18(21-9-22-19)26-8-14(24)13(6-20)17-23-11(2)7-25-17/h7,9-10,13H,3-5,8H2,1-2H3/t10-,13-/m1/s1. The van der Waals surface area contributed by atoms with Gasteiger partial charge < -0.3 is 0 Å². The van der Waals surface area contributed by atoms with E-state index in [-0.39, 0.29) is 11.5 Å². The second kappa shape index (κ2) is 7.66. The van der Waals surface area contributed by atoms with Crippen LogP contribution in [0.4, 0.5) is 0 Å². The van der Waals surface area contributed by atoms with Crippen molar-refractivity contribution in [2.75, 3.05) is 5.75 Å². The lowest BCUT2D eigenvalue weighted by molar-refractivity contribution is -0.116. The number of thiophene rings is 1. The maximum absolute atomic E-state index is 12.6. The summed E-state index contributed by atoms with van der Waals surface area (Å²) in [5.41, 5.74) is 2.20. The highest BCUT2D eigenvalue weighted by Gasteiger charge is 2.26. The molecule has 0 saturated heterocycles. The molecule has 5 nitrogen and oxygen atoms in total. The number of hydrogen-bond acceptors (Lipinski definition) is 8. The van der Waals surface area contributed by atoms with Crippen LogP contribution in [0.15, 0.2) is 16.7 Å². The zero-order valence-electron chi connectivity index (χ0n) is 15.1. The molecule has 2 atom stereocenters. The summed E-state index contributed by atoms with van der Waals surface area (Å²) >= 11 is 4.53. The van der Waals surface area contributed by atoms with Crippen molar-refractivity contribution in [1.29, 1.82) is 5.26 Å². The Balaban J connectivity index is 1.57. The lowest BCUT2D eigenvalue weighted by Gasteiger charge is -2.18. The minimum absolute atomic E-state index is 0.124. The van der Waals surface area contributed by atoms with Crippen molar-refractivity contribution in [1.82, 2.24) is 15.0 Å². The molecule has 3 aromatic heterocycles. The molecule has 0 unspecified atom stereocenters. The summed E-state index contributed by atoms with van der Waals surface area (Å²) in [6.07, 6.45) is 4.90. The number of thioether (sulfide) groups is 1. The van der Waals surface area contributed by atoms with Crippen molar-refractivity contribution in [3.8, 4) is 6.07 Å². The number of ketones is 1. The minimum Gasteiger partial charge on any atom is -0.297 e. The van der Waals surface area contributed by atoms with Gasteiger partial charge in [0.2, 0.25) is 0 Å². The molecule has 138 valence electrons. The number of nitrogens with zero attached hydrogens (tertiary/aromatic N) is 4. The van der Waals surface area contributed by atoms with Gasteiger partial charge in [0, 0.05) is 21.3 Å². The average Bonchev–Trinajstić information content (AvgIpc) is 3.23. The summed E-state index contributed by atoms with van der Waals surface area (Å²) in [6.45, 7) is 4.15. The van der Waals surface area contributed by atoms with Crippen molar-refractivity contribution >= 4 is 50.4 Å². The molecule has 0 aromatic carbocycles. The highest BCUT2D eigenvalue weighted by molar-refractivity contribution is 8.00. The SMILES string of the molecule is Cc1csc([C@H](C#N)C(=O)CSc2ncnc3sc4c(c23)CC[C@@H](C)C4)n1. The lowest BCUT2D eigenvalue weighted by atomic mass is 9.89. The molecule has 8 heteroatoms. The quantitative estimate of drug-likeness (QED) is 0.450. The predicted octanol–water partition coefficient (Wildman–Crippen LogP) is 4.55. The van der Waals surface area contributed by atoms with Crippen LogP contribution in [-0.4, -0.2) is 26.5 Å². The molecule has 0 N–H and O–H groups in total. The van der Waals surface area contributed by atoms with Crippen LogP contribution in [0.5, 0.6) is 0 Å². The van der Waals surface area contributed by atoms with Gasteiger partial charge in [-0.05, 0) is 37.7 Å². The topological polar surface area (TPSA) is 79.5 Å². The Bertz CT molecular complexity index is 1050. The van der Waals surface area contributed by atoms with Crippen LogP contribution in [0, 0.1) is 24.2 Å². The molecule has 1 aliphatic carbocycles. The van der Waals surface area contributed by atoms with Crippen molar-refractivity contribution in [3.05, 3.63) is 32.8 Å². The molecule has 0 saturated carbocycles. The number of carbonyl (C=O) groups is 1. The highest BCUT2D eigenvalue weighted by atomic mass is 32.2. The van der Waals surface area contributed by atoms with Gasteiger partial charge in [-0.2, -0.15) is 5.26 Å². The van der Waals surface area contributed by atoms with Gasteiger partial charge in [0.15, 0.2) is 11.7 Å². The van der Waals surface area contributed by atoms with Gasteiger partial charge in [-0.1, -0.05) is 18.7 Å². The molecule has 27 heavy (non-hydrogen) atoms. The summed E-state index contributed by atoms with van der Waals surface area (Å²) in [5.74, 6) is -0.00860. The number of Topliss-reactive ketones (excluding diaryl/α,β-unsaturated/α-hetero) is 1. The molecule has 3 aromatic rings. The molecular formula is C19H18N4OS3. The largest absolute Gasteiger partial charge is 0.297 e. The van der Waals surface area contributed by atoms with Gasteiger partial charge in [-0.25, -0.2) is 15.0 Å². The third-order valence-corrected chi connectivity index (χ3v) is 7.94. The normalized spacial score (nSPS) is 17.4. The summed E-state index contributed by atoms with van der Waals surface area (Å²) in [5, 5.41) is 13.9. The number of carbonyl (C=O) groups excluding carboxylic acids is 1. The minimum atomic E-state index is -0.800. The van der Waals surface area contributed by atoms with Crippen LogP contribution in [0.25, 0.3) is 10.2 Å². The Kier molecular flexibility index (Phi) is 5.26. The smallest absolute Gasteiger partial charge is 0.167 e. The summed E-state index contributed by atoms with van der Waals surface area (Å²) in [7, 11) is 0. The Hall–Kier alpha value is -1.82. The van der Waals surface area contributed by atoms with E-state index in [0.717, 1.165) is 33.8 Å². The van der Waals surface area contributed by atoms with E-state index in [2.05, 4.69) is 27.9 Å². The van der Waals surface area contributed by atoms with E-state index in [1.165, 1.54) is 40.0 Å². The maximum atomic E-state index is 12.6. The zero-order valence-corrected chi connectivity index (χ0v) is 17.5. The predicted molar refractivity (Wildman–Crippen MR) is 110 cm³/mol. The van der Waals surface area contributed by atoms with Gasteiger partial charge in [0.25, 0.3) is 0 Å². The number of aryl methyl sites for hydroxylation is 2. The molecule has 0 spiro atoms. The molecule has 0 aliphatic heterocycles. The van der Waals surface area contributed by atoms with Crippen LogP contribution >= 0.6 is 34.4 Å². The second-order valence-electron chi connectivity index (χ2n) is 6.85. The number of fused-ring (bicyclic) bond motifs is 3. The van der Waals surface area contributed by atoms with Crippen LogP contribution < -0.4 is 0 Å². The fourth-order valence-electron chi connectivity index (χ4n) is 3.35. The Morgan fingerprint density at radius 3 is 3.07 bits per heavy atom. The third-order valence-electron chi connectivity index (χ3n) is 4.74. The molecule has 0 bridgehead atoms. The molecule has 0 radical (unpaired) electrons. The monoisotopic (exact) mass is 414 g/mol. The molecule has 3 heterocycles. The summed E-state index contributed by atoms with van der Waals surface area (Å²) < 4.78 is 0. The van der Waals surface area contributed by atoms with Crippen molar-refractivity contribution in [3.63, 3.8) is 0 Å². The number of rotatable bonds is 5. The summed E-state index contributed by atoms with van der Waals surface area (Å²) in [6, 6.07) is 2.11. The Labute approximate surface area is 169 Å². The van der Waals surface area contributed by atoms with E-state index >= 15 is 0 Å². The molecule has 1 aliphatic rings. The van der Waals surface area contributed by atoms with Crippen molar-refractivity contribution in [2.24, 2.45) is 5.92 Å². The van der Waals surface area contributed by atoms with Crippen LogP contribution in [0.3, 0.4) is 0 Å². The third kappa shape index (κ3) is 3.64. The Morgan fingerprint density at radius 1 is 1.48 bits per heavy atom. The molecule has 0 fully saturated rings. The van der Waals surface area contributed by atoms with E-state index < -0.39 is 5.92 Å². The molecular weight excluding hydrogens is 396 g/mol. The number of nitriles is 1. The van der Waals surface area contributed by atoms with Gasteiger partial charge in [-0.15, -0.1) is 22.7 Å². The van der Waals surface area contributed by atoms with Crippen molar-refractivity contribution < 1.29 is 4.79 Å². The highest BCUT2D eigenvalue weighted by Crippen LogP contribution is 2.40. The first-order valence-corrected chi connectivity index (χ1v) is 11.5. The number of hydrogen-bond donors (Lipinski definition) is 0. The van der Waals surface area contributed by atoms with Gasteiger partial charge in [-0.3, -0.25) is 4.79 Å². The van der Waals surface area contributed by atoms with Gasteiger partial charge in [0.1, 0.15) is 21.2 Å². The van der Waals surface area contributed by atoms with Gasteiger partial charge >= 0.3 is 0 Å². The van der Waals surface area contributed by atoms with E-state index in [1.54, 1.807) is 17.7 Å². The van der Waals surface area contributed by atoms with Crippen molar-refractivity contribution in [2.45, 2.75) is 44.1 Å². The van der Waals surface area contributed by atoms with E-state index in [0.29, 0.717) is 10.9 Å². The fraction of sp³-hybridized carbons (Fsp3) is 0.421. The first-order valence-electron chi connectivity index (χ1n) is 8.79. The zero-order chi connectivity index (χ0) is 19.0. The summed E-state index contributed by atoms with van der Waals surface area (Å²) in [4.78, 5) is 28.3.